The van der Waals surface area contributed by atoms with Crippen molar-refractivity contribution >= 4 is 33.9 Å². The zero-order valence-electron chi connectivity index (χ0n) is 20.2. The molecule has 6 heteroatoms. The molecule has 0 spiro atoms. The Bertz CT molecular complexity index is 1400. The van der Waals surface area contributed by atoms with Crippen LogP contribution in [0, 0.1) is 0 Å². The first-order chi connectivity index (χ1) is 16.9. The molecule has 0 aliphatic carbocycles. The van der Waals surface area contributed by atoms with Crippen LogP contribution in [0.5, 0.6) is 11.5 Å². The lowest BCUT2D eigenvalue weighted by Crippen LogP contribution is -2.09. The van der Waals surface area contributed by atoms with Crippen LogP contribution in [-0.2, 0) is 4.79 Å². The van der Waals surface area contributed by atoms with Crippen molar-refractivity contribution in [1.29, 1.82) is 0 Å². The van der Waals surface area contributed by atoms with E-state index in [-0.39, 0.29) is 11.7 Å². The molecule has 3 aromatic carbocycles. The van der Waals surface area contributed by atoms with Crippen LogP contribution >= 0.6 is 0 Å². The van der Waals surface area contributed by atoms with E-state index in [4.69, 9.17) is 13.9 Å². The Kier molecular flexibility index (Phi) is 7.01. The zero-order chi connectivity index (χ0) is 24.9. The average molecular weight is 470 g/mol. The number of hydrogen-bond donors (Lipinski definition) is 1. The van der Waals surface area contributed by atoms with E-state index in [0.717, 1.165) is 33.4 Å². The van der Waals surface area contributed by atoms with Crippen molar-refractivity contribution in [2.75, 3.05) is 19.0 Å². The van der Waals surface area contributed by atoms with Gasteiger partial charge < -0.3 is 19.2 Å². The Morgan fingerprint density at radius 3 is 2.34 bits per heavy atom. The number of allylic oxidation sites excluding steroid dienone is 1. The number of methoxy groups -OCH3 is 1. The predicted molar refractivity (Wildman–Crippen MR) is 138 cm³/mol. The van der Waals surface area contributed by atoms with Gasteiger partial charge >= 0.3 is 0 Å². The summed E-state index contributed by atoms with van der Waals surface area (Å²) in [6.45, 7) is 5.93. The molecule has 4 aromatic rings. The molecular weight excluding hydrogens is 442 g/mol. The number of hydrogen-bond acceptors (Lipinski definition) is 5. The van der Waals surface area contributed by atoms with E-state index >= 15 is 0 Å². The fourth-order valence-corrected chi connectivity index (χ4v) is 3.89. The number of carbonyl (C=O) groups is 2. The number of Topliss-reactive ketones (excluding diaryl/α,β-unsaturated/α-hetero) is 1. The molecule has 0 saturated heterocycles. The van der Waals surface area contributed by atoms with E-state index in [1.165, 1.54) is 13.0 Å². The van der Waals surface area contributed by atoms with E-state index in [2.05, 4.69) is 5.32 Å². The van der Waals surface area contributed by atoms with Gasteiger partial charge in [-0.15, -0.1) is 0 Å². The van der Waals surface area contributed by atoms with Crippen LogP contribution in [-0.4, -0.2) is 25.4 Å². The molecule has 0 fully saturated rings. The van der Waals surface area contributed by atoms with Crippen LogP contribution in [0.15, 0.2) is 77.4 Å². The average Bonchev–Trinajstić information content (AvgIpc) is 3.27. The fraction of sp³-hybridized carbons (Fsp3) is 0.172. The van der Waals surface area contributed by atoms with Crippen molar-refractivity contribution in [1.82, 2.24) is 0 Å². The number of furan rings is 1. The van der Waals surface area contributed by atoms with E-state index in [1.54, 1.807) is 37.6 Å². The highest BCUT2D eigenvalue weighted by molar-refractivity contribution is 6.05. The summed E-state index contributed by atoms with van der Waals surface area (Å²) in [6, 6.07) is 18.4. The first-order valence-corrected chi connectivity index (χ1v) is 11.3. The third-order valence-corrected chi connectivity index (χ3v) is 5.70. The highest BCUT2D eigenvalue weighted by atomic mass is 16.5. The van der Waals surface area contributed by atoms with Gasteiger partial charge in [-0.05, 0) is 74.4 Å². The van der Waals surface area contributed by atoms with Gasteiger partial charge in [-0.3, -0.25) is 9.59 Å². The SMILES string of the molecule is CCOc1ccc(-c2coc3cc(OC)c(/C(C)=C/C(=O)Nc4ccc(C(C)=O)cc4)cc23)cc1. The van der Waals surface area contributed by atoms with Crippen LogP contribution in [0.2, 0.25) is 0 Å². The number of benzene rings is 3. The number of ketones is 1. The second kappa shape index (κ2) is 10.3. The van der Waals surface area contributed by atoms with E-state index in [1.807, 2.05) is 50.2 Å². The summed E-state index contributed by atoms with van der Waals surface area (Å²) in [7, 11) is 1.59. The predicted octanol–water partition coefficient (Wildman–Crippen LogP) is 6.75. The second-order valence-electron chi connectivity index (χ2n) is 8.11. The Balaban J connectivity index is 1.63. The number of ether oxygens (including phenoxy) is 2. The Hall–Kier alpha value is -4.32. The van der Waals surface area contributed by atoms with E-state index in [9.17, 15) is 9.59 Å². The second-order valence-corrected chi connectivity index (χ2v) is 8.11. The topological polar surface area (TPSA) is 77.8 Å². The summed E-state index contributed by atoms with van der Waals surface area (Å²) >= 11 is 0. The number of rotatable bonds is 8. The summed E-state index contributed by atoms with van der Waals surface area (Å²) < 4.78 is 16.9. The Morgan fingerprint density at radius 1 is 1.00 bits per heavy atom. The van der Waals surface area contributed by atoms with E-state index < -0.39 is 0 Å². The monoisotopic (exact) mass is 469 g/mol. The summed E-state index contributed by atoms with van der Waals surface area (Å²) in [5.74, 6) is 1.12. The minimum Gasteiger partial charge on any atom is -0.496 e. The molecule has 35 heavy (non-hydrogen) atoms. The molecule has 1 N–H and O–H groups in total. The van der Waals surface area contributed by atoms with Crippen molar-refractivity contribution < 1.29 is 23.5 Å². The van der Waals surface area contributed by atoms with Crippen LogP contribution < -0.4 is 14.8 Å². The number of carbonyl (C=O) groups excluding carboxylic acids is 2. The summed E-state index contributed by atoms with van der Waals surface area (Å²) in [5.41, 5.74) is 5.36. The third kappa shape index (κ3) is 5.27. The van der Waals surface area contributed by atoms with E-state index in [0.29, 0.717) is 29.2 Å². The fourth-order valence-electron chi connectivity index (χ4n) is 3.89. The molecule has 0 atom stereocenters. The third-order valence-electron chi connectivity index (χ3n) is 5.70. The van der Waals surface area contributed by atoms with Gasteiger partial charge in [0.25, 0.3) is 0 Å². The number of amides is 1. The largest absolute Gasteiger partial charge is 0.496 e. The maximum atomic E-state index is 12.7. The molecular formula is C29H27NO5. The summed E-state index contributed by atoms with van der Waals surface area (Å²) in [6.07, 6.45) is 3.25. The van der Waals surface area contributed by atoms with Crippen molar-refractivity contribution in [2.45, 2.75) is 20.8 Å². The van der Waals surface area contributed by atoms with Gasteiger partial charge in [0.05, 0.1) is 20.0 Å². The maximum absolute atomic E-state index is 12.7. The molecule has 1 amide bonds. The van der Waals surface area contributed by atoms with Gasteiger partial charge in [0.1, 0.15) is 17.1 Å². The van der Waals surface area contributed by atoms with Crippen molar-refractivity contribution in [3.05, 3.63) is 84.1 Å². The highest BCUT2D eigenvalue weighted by Crippen LogP contribution is 2.37. The number of anilines is 1. The lowest BCUT2D eigenvalue weighted by Gasteiger charge is -2.10. The first-order valence-electron chi connectivity index (χ1n) is 11.3. The van der Waals surface area contributed by atoms with Gasteiger partial charge in [0, 0.05) is 39.9 Å². The van der Waals surface area contributed by atoms with Crippen LogP contribution in [0.4, 0.5) is 5.69 Å². The number of nitrogens with one attached hydrogen (secondary N) is 1. The lowest BCUT2D eigenvalue weighted by atomic mass is 9.99. The standard InChI is InChI=1S/C29H27NO5/c1-5-34-23-12-8-21(9-13-23)26-17-35-28-16-27(33-4)24(15-25(26)28)18(2)14-29(32)30-22-10-6-20(7-11-22)19(3)31/h6-17H,5H2,1-4H3,(H,30,32)/b18-14+. The normalized spacial score (nSPS) is 11.4. The quantitative estimate of drug-likeness (QED) is 0.228. The van der Waals surface area contributed by atoms with Gasteiger partial charge in [0.2, 0.25) is 5.91 Å². The Morgan fingerprint density at radius 2 is 1.71 bits per heavy atom. The van der Waals surface area contributed by atoms with Crippen molar-refractivity contribution in [3.8, 4) is 22.6 Å². The molecule has 6 nitrogen and oxygen atoms in total. The van der Waals surface area contributed by atoms with Crippen molar-refractivity contribution in [3.63, 3.8) is 0 Å². The summed E-state index contributed by atoms with van der Waals surface area (Å²) in [5, 5.41) is 3.75. The molecule has 1 aromatic heterocycles. The first kappa shape index (κ1) is 23.8. The summed E-state index contributed by atoms with van der Waals surface area (Å²) in [4.78, 5) is 24.1. The molecule has 0 unspecified atom stereocenters. The lowest BCUT2D eigenvalue weighted by molar-refractivity contribution is -0.111. The van der Waals surface area contributed by atoms with Crippen LogP contribution in [0.25, 0.3) is 27.7 Å². The van der Waals surface area contributed by atoms with Gasteiger partial charge in [-0.1, -0.05) is 12.1 Å². The van der Waals surface area contributed by atoms with Gasteiger partial charge in [0.15, 0.2) is 5.78 Å². The van der Waals surface area contributed by atoms with Gasteiger partial charge in [-0.25, -0.2) is 0 Å². The molecule has 0 aliphatic rings. The maximum Gasteiger partial charge on any atom is 0.248 e. The molecule has 178 valence electrons. The highest BCUT2D eigenvalue weighted by Gasteiger charge is 2.15. The minimum absolute atomic E-state index is 0.0232. The van der Waals surface area contributed by atoms with Crippen LogP contribution in [0.1, 0.15) is 36.7 Å². The number of fused-ring (bicyclic) bond motifs is 1. The zero-order valence-corrected chi connectivity index (χ0v) is 20.2. The molecule has 0 saturated carbocycles. The van der Waals surface area contributed by atoms with Crippen molar-refractivity contribution in [2.24, 2.45) is 0 Å². The molecule has 1 heterocycles. The molecule has 0 radical (unpaired) electrons. The van der Waals surface area contributed by atoms with Crippen LogP contribution in [0.3, 0.4) is 0 Å². The van der Waals surface area contributed by atoms with Gasteiger partial charge in [-0.2, -0.15) is 0 Å². The smallest absolute Gasteiger partial charge is 0.248 e. The molecule has 4 rings (SSSR count). The Labute approximate surface area is 204 Å². The minimum atomic E-state index is -0.279. The molecule has 0 aliphatic heterocycles. The molecule has 0 bridgehead atoms.